The van der Waals surface area contributed by atoms with Crippen molar-refractivity contribution in [2.45, 2.75) is 11.7 Å². The SMILES string of the molecule is COC(=O)c1ccc(OC)cc1N1CC(S(=O)(=O)F)CC1=O. The number of ether oxygens (including phenoxy) is 2. The average molecular weight is 331 g/mol. The van der Waals surface area contributed by atoms with Gasteiger partial charge in [0.15, 0.2) is 0 Å². The molecule has 2 rings (SSSR count). The minimum Gasteiger partial charge on any atom is -0.497 e. The van der Waals surface area contributed by atoms with Crippen molar-refractivity contribution in [1.29, 1.82) is 0 Å². The van der Waals surface area contributed by atoms with E-state index in [4.69, 9.17) is 4.74 Å². The standard InChI is InChI=1S/C13H14FNO6S/c1-20-8-3-4-10(13(17)21-2)11(5-8)15-7-9(6-12(15)16)22(14,18)19/h3-5,9H,6-7H2,1-2H3. The van der Waals surface area contributed by atoms with Crippen molar-refractivity contribution in [2.24, 2.45) is 0 Å². The summed E-state index contributed by atoms with van der Waals surface area (Å²) >= 11 is 0. The zero-order chi connectivity index (χ0) is 16.5. The van der Waals surface area contributed by atoms with E-state index in [2.05, 4.69) is 4.74 Å². The summed E-state index contributed by atoms with van der Waals surface area (Å²) in [4.78, 5) is 24.8. The van der Waals surface area contributed by atoms with Crippen molar-refractivity contribution < 1.29 is 31.4 Å². The zero-order valence-corrected chi connectivity index (χ0v) is 12.7. The highest BCUT2D eigenvalue weighted by molar-refractivity contribution is 7.87. The molecule has 1 amide bonds. The number of carbonyl (C=O) groups excluding carboxylic acids is 2. The van der Waals surface area contributed by atoms with E-state index in [1.54, 1.807) is 0 Å². The van der Waals surface area contributed by atoms with Crippen LogP contribution in [-0.4, -0.2) is 46.3 Å². The number of rotatable bonds is 4. The summed E-state index contributed by atoms with van der Waals surface area (Å²) in [6, 6.07) is 4.29. The summed E-state index contributed by atoms with van der Waals surface area (Å²) in [7, 11) is -2.26. The van der Waals surface area contributed by atoms with Gasteiger partial charge in [0.1, 0.15) is 11.0 Å². The highest BCUT2D eigenvalue weighted by Gasteiger charge is 2.40. The lowest BCUT2D eigenvalue weighted by Gasteiger charge is -2.19. The van der Waals surface area contributed by atoms with Gasteiger partial charge in [-0.25, -0.2) is 4.79 Å². The molecule has 9 heteroatoms. The molecule has 0 N–H and O–H groups in total. The number of benzene rings is 1. The van der Waals surface area contributed by atoms with Gasteiger partial charge in [-0.15, -0.1) is 3.89 Å². The number of hydrogen-bond acceptors (Lipinski definition) is 6. The number of halogens is 1. The van der Waals surface area contributed by atoms with Gasteiger partial charge in [-0.3, -0.25) is 4.79 Å². The molecule has 1 aromatic carbocycles. The number of anilines is 1. The molecule has 0 aliphatic carbocycles. The number of nitrogens with zero attached hydrogens (tertiary/aromatic N) is 1. The quantitative estimate of drug-likeness (QED) is 0.601. The van der Waals surface area contributed by atoms with Crippen LogP contribution in [0.5, 0.6) is 5.75 Å². The Morgan fingerprint density at radius 3 is 2.55 bits per heavy atom. The van der Waals surface area contributed by atoms with Gasteiger partial charge in [0, 0.05) is 19.0 Å². The normalized spacial score (nSPS) is 18.4. The van der Waals surface area contributed by atoms with Crippen molar-refractivity contribution in [3.63, 3.8) is 0 Å². The summed E-state index contributed by atoms with van der Waals surface area (Å²) in [5.41, 5.74) is 0.191. The molecule has 1 saturated heterocycles. The van der Waals surface area contributed by atoms with E-state index in [1.165, 1.54) is 32.4 Å². The molecular weight excluding hydrogens is 317 g/mol. The van der Waals surface area contributed by atoms with Crippen molar-refractivity contribution in [2.75, 3.05) is 25.7 Å². The van der Waals surface area contributed by atoms with Gasteiger partial charge in [0.05, 0.1) is 25.5 Å². The van der Waals surface area contributed by atoms with Gasteiger partial charge >= 0.3 is 16.2 Å². The smallest absolute Gasteiger partial charge is 0.339 e. The Balaban J connectivity index is 2.47. The lowest BCUT2D eigenvalue weighted by molar-refractivity contribution is -0.117. The summed E-state index contributed by atoms with van der Waals surface area (Å²) in [5.74, 6) is -0.927. The molecule has 7 nitrogen and oxygen atoms in total. The molecule has 0 spiro atoms. The number of carbonyl (C=O) groups is 2. The van der Waals surface area contributed by atoms with Gasteiger partial charge in [-0.05, 0) is 12.1 Å². The van der Waals surface area contributed by atoms with E-state index < -0.39 is 33.8 Å². The third kappa shape index (κ3) is 3.03. The van der Waals surface area contributed by atoms with Crippen LogP contribution in [0.25, 0.3) is 0 Å². The molecule has 0 saturated carbocycles. The highest BCUT2D eigenvalue weighted by atomic mass is 32.3. The first-order valence-electron chi connectivity index (χ1n) is 6.28. The average Bonchev–Trinajstić information content (AvgIpc) is 2.87. The Kier molecular flexibility index (Phi) is 4.36. The third-order valence-electron chi connectivity index (χ3n) is 3.39. The van der Waals surface area contributed by atoms with E-state index in [9.17, 15) is 21.9 Å². The Hall–Kier alpha value is -2.16. The Labute approximate surface area is 126 Å². The molecular formula is C13H14FNO6S. The van der Waals surface area contributed by atoms with E-state index >= 15 is 0 Å². The first kappa shape index (κ1) is 16.2. The number of esters is 1. The Bertz CT molecular complexity index is 717. The minimum absolute atomic E-state index is 0.0635. The molecule has 1 aromatic rings. The van der Waals surface area contributed by atoms with E-state index in [1.807, 2.05) is 0 Å². The highest BCUT2D eigenvalue weighted by Crippen LogP contribution is 2.32. The van der Waals surface area contributed by atoms with Crippen molar-refractivity contribution in [3.8, 4) is 5.75 Å². The van der Waals surface area contributed by atoms with Gasteiger partial charge < -0.3 is 14.4 Å². The first-order chi connectivity index (χ1) is 10.3. The fourth-order valence-electron chi connectivity index (χ4n) is 2.24. The molecule has 0 aromatic heterocycles. The van der Waals surface area contributed by atoms with Crippen LogP contribution in [0.2, 0.25) is 0 Å². The van der Waals surface area contributed by atoms with Crippen LogP contribution in [-0.2, 0) is 19.8 Å². The molecule has 0 radical (unpaired) electrons. The fraction of sp³-hybridized carbons (Fsp3) is 0.385. The number of amides is 1. The van der Waals surface area contributed by atoms with E-state index in [0.717, 1.165) is 4.90 Å². The number of hydrogen-bond donors (Lipinski definition) is 0. The van der Waals surface area contributed by atoms with Gasteiger partial charge in [0.2, 0.25) is 5.91 Å². The predicted molar refractivity (Wildman–Crippen MR) is 75.1 cm³/mol. The van der Waals surface area contributed by atoms with Crippen LogP contribution in [0, 0.1) is 0 Å². The van der Waals surface area contributed by atoms with Crippen LogP contribution in [0.3, 0.4) is 0 Å². The maximum Gasteiger partial charge on any atom is 0.339 e. The molecule has 1 aliphatic heterocycles. The van der Waals surface area contributed by atoms with Gasteiger partial charge in [0.25, 0.3) is 0 Å². The molecule has 1 aliphatic rings. The monoisotopic (exact) mass is 331 g/mol. The second-order valence-electron chi connectivity index (χ2n) is 4.68. The van der Waals surface area contributed by atoms with Gasteiger partial charge in [-0.1, -0.05) is 0 Å². The minimum atomic E-state index is -4.84. The summed E-state index contributed by atoms with van der Waals surface area (Å²) < 4.78 is 44.7. The molecule has 0 bridgehead atoms. The second kappa shape index (κ2) is 5.91. The Morgan fingerprint density at radius 2 is 2.05 bits per heavy atom. The Morgan fingerprint density at radius 1 is 1.36 bits per heavy atom. The maximum atomic E-state index is 13.1. The number of methoxy groups -OCH3 is 2. The van der Waals surface area contributed by atoms with Crippen LogP contribution in [0.15, 0.2) is 18.2 Å². The lowest BCUT2D eigenvalue weighted by Crippen LogP contribution is -2.28. The largest absolute Gasteiger partial charge is 0.497 e. The topological polar surface area (TPSA) is 90.0 Å². The molecule has 1 fully saturated rings. The molecule has 120 valence electrons. The van der Waals surface area contributed by atoms with Crippen molar-refractivity contribution in [1.82, 2.24) is 0 Å². The zero-order valence-electron chi connectivity index (χ0n) is 11.9. The van der Waals surface area contributed by atoms with Gasteiger partial charge in [-0.2, -0.15) is 8.42 Å². The molecule has 22 heavy (non-hydrogen) atoms. The summed E-state index contributed by atoms with van der Waals surface area (Å²) in [6.07, 6.45) is -0.476. The maximum absolute atomic E-state index is 13.1. The fourth-order valence-corrected chi connectivity index (χ4v) is 2.91. The molecule has 1 unspecified atom stereocenters. The van der Waals surface area contributed by atoms with Crippen molar-refractivity contribution in [3.05, 3.63) is 23.8 Å². The third-order valence-corrected chi connectivity index (χ3v) is 4.50. The van der Waals surface area contributed by atoms with E-state index in [-0.39, 0.29) is 17.8 Å². The first-order valence-corrected chi connectivity index (χ1v) is 7.72. The van der Waals surface area contributed by atoms with Crippen LogP contribution in [0.1, 0.15) is 16.8 Å². The summed E-state index contributed by atoms with van der Waals surface area (Å²) in [5, 5.41) is -1.45. The molecule has 1 atom stereocenters. The second-order valence-corrected chi connectivity index (χ2v) is 6.30. The lowest BCUT2D eigenvalue weighted by atomic mass is 10.1. The van der Waals surface area contributed by atoms with E-state index in [0.29, 0.717) is 5.75 Å². The van der Waals surface area contributed by atoms with Crippen molar-refractivity contribution >= 4 is 27.8 Å². The van der Waals surface area contributed by atoms with Crippen LogP contribution >= 0.6 is 0 Å². The summed E-state index contributed by atoms with van der Waals surface area (Å²) in [6.45, 7) is -0.366. The van der Waals surface area contributed by atoms with Crippen LogP contribution < -0.4 is 9.64 Å². The predicted octanol–water partition coefficient (Wildman–Crippen LogP) is 0.886. The van der Waals surface area contributed by atoms with Crippen LogP contribution in [0.4, 0.5) is 9.57 Å². The molecule has 1 heterocycles.